The minimum atomic E-state index is -0.0349. The first kappa shape index (κ1) is 17.0. The number of hydrogen-bond acceptors (Lipinski definition) is 3. The summed E-state index contributed by atoms with van der Waals surface area (Å²) in [6, 6.07) is -0.0349. The quantitative estimate of drug-likeness (QED) is 0.738. The lowest BCUT2D eigenvalue weighted by Gasteiger charge is -2.13. The van der Waals surface area contributed by atoms with Gasteiger partial charge in [-0.2, -0.15) is 10.2 Å². The van der Waals surface area contributed by atoms with Crippen molar-refractivity contribution in [2.75, 3.05) is 0 Å². The largest absolute Gasteiger partial charge is 0.349 e. The normalized spacial score (nSPS) is 12.4. The lowest BCUT2D eigenvalue weighted by Crippen LogP contribution is -2.27. The van der Waals surface area contributed by atoms with Gasteiger partial charge in [0.2, 0.25) is 5.91 Å². The Morgan fingerprint density at radius 3 is 2.50 bits per heavy atom. The summed E-state index contributed by atoms with van der Waals surface area (Å²) in [5, 5.41) is 11.8. The standard InChI is InChI=1S/C15H22IN5O/c1-5-20-8-13(11(3)18-20)10(2)17-15(22)6-7-21-9-14(16)12(4)19-21/h8-10H,5-7H2,1-4H3,(H,17,22). The molecule has 22 heavy (non-hydrogen) atoms. The predicted octanol–water partition coefficient (Wildman–Crippen LogP) is 2.59. The summed E-state index contributed by atoms with van der Waals surface area (Å²) in [4.78, 5) is 12.1. The first-order valence-electron chi connectivity index (χ1n) is 7.43. The van der Waals surface area contributed by atoms with E-state index in [-0.39, 0.29) is 11.9 Å². The van der Waals surface area contributed by atoms with Gasteiger partial charge in [0.05, 0.1) is 21.0 Å². The first-order valence-corrected chi connectivity index (χ1v) is 8.51. The van der Waals surface area contributed by atoms with Crippen LogP contribution in [0, 0.1) is 17.4 Å². The Morgan fingerprint density at radius 1 is 1.27 bits per heavy atom. The van der Waals surface area contributed by atoms with E-state index in [2.05, 4.69) is 38.1 Å². The molecule has 1 amide bonds. The summed E-state index contributed by atoms with van der Waals surface area (Å²) >= 11 is 2.25. The number of hydrogen-bond donors (Lipinski definition) is 1. The lowest BCUT2D eigenvalue weighted by molar-refractivity contribution is -0.122. The smallest absolute Gasteiger partial charge is 0.222 e. The van der Waals surface area contributed by atoms with Gasteiger partial charge in [0.15, 0.2) is 0 Å². The molecule has 2 aromatic heterocycles. The zero-order valence-corrected chi connectivity index (χ0v) is 15.6. The van der Waals surface area contributed by atoms with E-state index in [9.17, 15) is 4.79 Å². The Kier molecular flexibility index (Phi) is 5.60. The number of rotatable bonds is 6. The van der Waals surface area contributed by atoms with Crippen LogP contribution in [0.15, 0.2) is 12.4 Å². The molecule has 1 N–H and O–H groups in total. The first-order chi connectivity index (χ1) is 10.4. The molecule has 2 rings (SSSR count). The molecule has 1 atom stereocenters. The monoisotopic (exact) mass is 415 g/mol. The van der Waals surface area contributed by atoms with E-state index in [1.807, 2.05) is 49.5 Å². The van der Waals surface area contributed by atoms with Crippen LogP contribution >= 0.6 is 22.6 Å². The van der Waals surface area contributed by atoms with Crippen molar-refractivity contribution in [3.05, 3.63) is 32.9 Å². The van der Waals surface area contributed by atoms with Gasteiger partial charge in [-0.25, -0.2) is 0 Å². The Morgan fingerprint density at radius 2 is 1.95 bits per heavy atom. The van der Waals surface area contributed by atoms with E-state index >= 15 is 0 Å². The molecule has 0 aliphatic rings. The summed E-state index contributed by atoms with van der Waals surface area (Å²) < 4.78 is 4.83. The average Bonchev–Trinajstić information content (AvgIpc) is 3.00. The molecule has 2 heterocycles. The van der Waals surface area contributed by atoms with Crippen molar-refractivity contribution in [3.8, 4) is 0 Å². The zero-order valence-electron chi connectivity index (χ0n) is 13.4. The second-order valence-electron chi connectivity index (χ2n) is 5.39. The van der Waals surface area contributed by atoms with Crippen molar-refractivity contribution < 1.29 is 4.79 Å². The van der Waals surface area contributed by atoms with Gasteiger partial charge in [-0.3, -0.25) is 14.2 Å². The second kappa shape index (κ2) is 7.26. The Bertz CT molecular complexity index is 641. The van der Waals surface area contributed by atoms with Crippen molar-refractivity contribution in [1.29, 1.82) is 0 Å². The van der Waals surface area contributed by atoms with Gasteiger partial charge in [-0.15, -0.1) is 0 Å². The maximum atomic E-state index is 12.1. The van der Waals surface area contributed by atoms with Gasteiger partial charge in [-0.1, -0.05) is 0 Å². The summed E-state index contributed by atoms with van der Waals surface area (Å²) in [6.45, 7) is 9.40. The maximum Gasteiger partial charge on any atom is 0.222 e. The maximum absolute atomic E-state index is 12.1. The third kappa shape index (κ3) is 4.08. The second-order valence-corrected chi connectivity index (χ2v) is 6.55. The zero-order chi connectivity index (χ0) is 16.3. The van der Waals surface area contributed by atoms with Crippen LogP contribution in [0.2, 0.25) is 0 Å². The van der Waals surface area contributed by atoms with E-state index in [0.29, 0.717) is 13.0 Å². The fraction of sp³-hybridized carbons (Fsp3) is 0.533. The van der Waals surface area contributed by atoms with Crippen LogP contribution in [0.25, 0.3) is 0 Å². The number of nitrogens with one attached hydrogen (secondary N) is 1. The van der Waals surface area contributed by atoms with Gasteiger partial charge in [0.25, 0.3) is 0 Å². The molecule has 0 bridgehead atoms. The summed E-state index contributed by atoms with van der Waals surface area (Å²) in [5.41, 5.74) is 3.03. The summed E-state index contributed by atoms with van der Waals surface area (Å²) in [7, 11) is 0. The van der Waals surface area contributed by atoms with Gasteiger partial charge >= 0.3 is 0 Å². The number of halogens is 1. The lowest BCUT2D eigenvalue weighted by atomic mass is 10.1. The fourth-order valence-electron chi connectivity index (χ4n) is 2.34. The van der Waals surface area contributed by atoms with E-state index in [1.54, 1.807) is 0 Å². The van der Waals surface area contributed by atoms with Crippen LogP contribution in [0.3, 0.4) is 0 Å². The van der Waals surface area contributed by atoms with Crippen LogP contribution in [0.1, 0.15) is 43.3 Å². The highest BCUT2D eigenvalue weighted by Crippen LogP contribution is 2.16. The molecule has 0 aliphatic heterocycles. The molecule has 0 spiro atoms. The summed E-state index contributed by atoms with van der Waals surface area (Å²) in [6.07, 6.45) is 4.38. The SMILES string of the molecule is CCn1cc(C(C)NC(=O)CCn2cc(I)c(C)n2)c(C)n1. The molecule has 6 nitrogen and oxygen atoms in total. The van der Waals surface area contributed by atoms with Crippen LogP contribution in [0.4, 0.5) is 0 Å². The number of carbonyl (C=O) groups excluding carboxylic acids is 1. The van der Waals surface area contributed by atoms with Gasteiger partial charge < -0.3 is 5.32 Å². The van der Waals surface area contributed by atoms with Gasteiger partial charge in [0.1, 0.15) is 0 Å². The fourth-order valence-corrected chi connectivity index (χ4v) is 2.77. The van der Waals surface area contributed by atoms with E-state index in [1.165, 1.54) is 0 Å². The van der Waals surface area contributed by atoms with Crippen molar-refractivity contribution >= 4 is 28.5 Å². The predicted molar refractivity (Wildman–Crippen MR) is 93.5 cm³/mol. The van der Waals surface area contributed by atoms with Gasteiger partial charge in [-0.05, 0) is 50.3 Å². The van der Waals surface area contributed by atoms with Crippen LogP contribution < -0.4 is 5.32 Å². The molecular weight excluding hydrogens is 393 g/mol. The average molecular weight is 415 g/mol. The third-order valence-electron chi connectivity index (χ3n) is 3.61. The Labute approximate surface area is 144 Å². The number of aromatic nitrogens is 4. The van der Waals surface area contributed by atoms with Crippen molar-refractivity contribution in [3.63, 3.8) is 0 Å². The molecule has 0 aliphatic carbocycles. The third-order valence-corrected chi connectivity index (χ3v) is 4.67. The number of amides is 1. The van der Waals surface area contributed by atoms with E-state index in [4.69, 9.17) is 0 Å². The number of nitrogens with zero attached hydrogens (tertiary/aromatic N) is 4. The highest BCUT2D eigenvalue weighted by Gasteiger charge is 2.15. The molecule has 120 valence electrons. The van der Waals surface area contributed by atoms with Crippen molar-refractivity contribution in [2.24, 2.45) is 0 Å². The molecule has 0 aromatic carbocycles. The molecule has 0 fully saturated rings. The molecule has 0 saturated carbocycles. The topological polar surface area (TPSA) is 64.7 Å². The number of carbonyl (C=O) groups is 1. The molecule has 0 radical (unpaired) electrons. The molecule has 2 aromatic rings. The van der Waals surface area contributed by atoms with Crippen LogP contribution in [-0.2, 0) is 17.9 Å². The molecular formula is C15H22IN5O. The van der Waals surface area contributed by atoms with Crippen LogP contribution in [-0.4, -0.2) is 25.5 Å². The minimum absolute atomic E-state index is 0.0271. The van der Waals surface area contributed by atoms with Crippen molar-refractivity contribution in [1.82, 2.24) is 24.9 Å². The van der Waals surface area contributed by atoms with Crippen molar-refractivity contribution in [2.45, 2.75) is 53.2 Å². The molecule has 0 saturated heterocycles. The molecule has 7 heteroatoms. The highest BCUT2D eigenvalue weighted by molar-refractivity contribution is 14.1. The molecule has 1 unspecified atom stereocenters. The van der Waals surface area contributed by atoms with Gasteiger partial charge in [0, 0.05) is 37.5 Å². The number of aryl methyl sites for hydroxylation is 4. The van der Waals surface area contributed by atoms with Crippen LogP contribution in [0.5, 0.6) is 0 Å². The summed E-state index contributed by atoms with van der Waals surface area (Å²) in [5.74, 6) is 0.0271. The van der Waals surface area contributed by atoms with E-state index in [0.717, 1.165) is 27.1 Å². The van der Waals surface area contributed by atoms with E-state index < -0.39 is 0 Å². The highest BCUT2D eigenvalue weighted by atomic mass is 127. The Balaban J connectivity index is 1.89. The minimum Gasteiger partial charge on any atom is -0.349 e. The Hall–Kier alpha value is -1.38.